The molecule has 1 aliphatic heterocycles. The Morgan fingerprint density at radius 3 is 2.73 bits per heavy atom. The van der Waals surface area contributed by atoms with Gasteiger partial charge < -0.3 is 15.3 Å². The fourth-order valence-corrected chi connectivity index (χ4v) is 2.58. The molecule has 0 radical (unpaired) electrons. The van der Waals surface area contributed by atoms with Gasteiger partial charge >= 0.3 is 5.97 Å². The van der Waals surface area contributed by atoms with Crippen LogP contribution in [0.2, 0.25) is 0 Å². The summed E-state index contributed by atoms with van der Waals surface area (Å²) in [5.74, 6) is -2.10. The maximum absolute atomic E-state index is 12.2. The van der Waals surface area contributed by atoms with Crippen molar-refractivity contribution in [3.05, 3.63) is 29.8 Å². The van der Waals surface area contributed by atoms with Crippen molar-refractivity contribution in [3.63, 3.8) is 0 Å². The van der Waals surface area contributed by atoms with Crippen LogP contribution in [0.5, 0.6) is 0 Å². The van der Waals surface area contributed by atoms with Gasteiger partial charge in [-0.3, -0.25) is 14.4 Å². The van der Waals surface area contributed by atoms with Gasteiger partial charge in [0, 0.05) is 18.7 Å². The number of aliphatic carboxylic acids is 1. The van der Waals surface area contributed by atoms with Gasteiger partial charge in [0.25, 0.3) is 0 Å². The summed E-state index contributed by atoms with van der Waals surface area (Å²) in [6.45, 7) is 3.70. The zero-order valence-corrected chi connectivity index (χ0v) is 12.7. The number of benzene rings is 1. The molecule has 2 rings (SSSR count). The molecule has 1 fully saturated rings. The molecule has 0 saturated carbocycles. The number of rotatable bonds is 5. The highest BCUT2D eigenvalue weighted by molar-refractivity contribution is 6.01. The Balaban J connectivity index is 2.11. The lowest BCUT2D eigenvalue weighted by Crippen LogP contribution is -2.42. The molecule has 6 nitrogen and oxygen atoms in total. The van der Waals surface area contributed by atoms with Crippen LogP contribution in [-0.2, 0) is 20.8 Å². The van der Waals surface area contributed by atoms with Gasteiger partial charge in [0.15, 0.2) is 0 Å². The number of carboxylic acid groups (broad SMARTS) is 1. The second-order valence-electron chi connectivity index (χ2n) is 5.46. The minimum Gasteiger partial charge on any atom is -0.480 e. The highest BCUT2D eigenvalue weighted by atomic mass is 16.4. The lowest BCUT2D eigenvalue weighted by molar-refractivity contribution is -0.141. The van der Waals surface area contributed by atoms with Crippen molar-refractivity contribution in [1.82, 2.24) is 5.32 Å². The molecule has 1 aromatic carbocycles. The largest absolute Gasteiger partial charge is 0.480 e. The second kappa shape index (κ2) is 6.60. The molecule has 1 unspecified atom stereocenters. The first-order valence-corrected chi connectivity index (χ1v) is 7.35. The average Bonchev–Trinajstić information content (AvgIpc) is 2.88. The summed E-state index contributed by atoms with van der Waals surface area (Å²) in [6.07, 6.45) is 0.906. The summed E-state index contributed by atoms with van der Waals surface area (Å²) in [5, 5.41) is 11.3. The maximum Gasteiger partial charge on any atom is 0.325 e. The Kier molecular flexibility index (Phi) is 4.80. The Bertz CT molecular complexity index is 600. The van der Waals surface area contributed by atoms with Gasteiger partial charge in [-0.15, -0.1) is 0 Å². The Morgan fingerprint density at radius 1 is 1.41 bits per heavy atom. The number of carbonyl (C=O) groups is 3. The van der Waals surface area contributed by atoms with Crippen LogP contribution in [0.1, 0.15) is 25.8 Å². The summed E-state index contributed by atoms with van der Waals surface area (Å²) >= 11 is 0. The zero-order chi connectivity index (χ0) is 16.3. The molecule has 0 bridgehead atoms. The topological polar surface area (TPSA) is 86.7 Å². The number of nitrogens with one attached hydrogen (secondary N) is 1. The highest BCUT2D eigenvalue weighted by Gasteiger charge is 2.36. The quantitative estimate of drug-likeness (QED) is 0.855. The maximum atomic E-state index is 12.2. The van der Waals surface area contributed by atoms with E-state index < -0.39 is 17.9 Å². The van der Waals surface area contributed by atoms with E-state index in [0.29, 0.717) is 0 Å². The number of anilines is 1. The number of aryl methyl sites for hydroxylation is 1. The third-order valence-electron chi connectivity index (χ3n) is 3.89. The lowest BCUT2D eigenvalue weighted by Gasteiger charge is -2.20. The van der Waals surface area contributed by atoms with E-state index in [1.165, 1.54) is 6.92 Å². The van der Waals surface area contributed by atoms with E-state index in [9.17, 15) is 14.4 Å². The summed E-state index contributed by atoms with van der Waals surface area (Å²) in [7, 11) is 0. The van der Waals surface area contributed by atoms with E-state index in [4.69, 9.17) is 5.11 Å². The first-order valence-electron chi connectivity index (χ1n) is 7.35. The van der Waals surface area contributed by atoms with Crippen molar-refractivity contribution in [3.8, 4) is 0 Å². The van der Waals surface area contributed by atoms with Gasteiger partial charge in [0.2, 0.25) is 11.8 Å². The molecule has 118 valence electrons. The minimum atomic E-state index is -1.09. The summed E-state index contributed by atoms with van der Waals surface area (Å²) in [4.78, 5) is 36.7. The standard InChI is InChI=1S/C16H20N2O4/c1-3-11-6-4-5-7-13(11)18-9-12(8-14(18)19)15(20)17-10(2)16(21)22/h4-7,10,12H,3,8-9H2,1-2H3,(H,17,20)(H,21,22)/t10-,12?/m0/s1. The van der Waals surface area contributed by atoms with E-state index in [-0.39, 0.29) is 24.8 Å². The minimum absolute atomic E-state index is 0.107. The molecule has 22 heavy (non-hydrogen) atoms. The van der Waals surface area contributed by atoms with Crippen molar-refractivity contribution in [2.45, 2.75) is 32.7 Å². The third-order valence-corrected chi connectivity index (χ3v) is 3.89. The Hall–Kier alpha value is -2.37. The van der Waals surface area contributed by atoms with E-state index >= 15 is 0 Å². The Morgan fingerprint density at radius 2 is 2.09 bits per heavy atom. The number of para-hydroxylation sites is 1. The van der Waals surface area contributed by atoms with E-state index in [2.05, 4.69) is 5.32 Å². The molecule has 1 aliphatic rings. The third kappa shape index (κ3) is 3.27. The van der Waals surface area contributed by atoms with Crippen LogP contribution in [0.15, 0.2) is 24.3 Å². The van der Waals surface area contributed by atoms with E-state index in [0.717, 1.165) is 17.7 Å². The summed E-state index contributed by atoms with van der Waals surface area (Å²) < 4.78 is 0. The van der Waals surface area contributed by atoms with E-state index in [1.807, 2.05) is 31.2 Å². The molecular weight excluding hydrogens is 284 g/mol. The fourth-order valence-electron chi connectivity index (χ4n) is 2.58. The number of carbonyl (C=O) groups excluding carboxylic acids is 2. The molecule has 1 saturated heterocycles. The van der Waals surface area contributed by atoms with Crippen LogP contribution >= 0.6 is 0 Å². The fraction of sp³-hybridized carbons (Fsp3) is 0.438. The lowest BCUT2D eigenvalue weighted by atomic mass is 10.1. The van der Waals surface area contributed by atoms with E-state index in [1.54, 1.807) is 4.90 Å². The highest BCUT2D eigenvalue weighted by Crippen LogP contribution is 2.28. The number of hydrogen-bond donors (Lipinski definition) is 2. The van der Waals surface area contributed by atoms with Crippen LogP contribution in [0.25, 0.3) is 0 Å². The first kappa shape index (κ1) is 16.0. The molecule has 2 N–H and O–H groups in total. The van der Waals surface area contributed by atoms with Gasteiger partial charge in [0.05, 0.1) is 5.92 Å². The summed E-state index contributed by atoms with van der Waals surface area (Å²) in [5.41, 5.74) is 1.88. The van der Waals surface area contributed by atoms with Crippen molar-refractivity contribution in [2.75, 3.05) is 11.4 Å². The SMILES string of the molecule is CCc1ccccc1N1CC(C(=O)N[C@@H](C)C(=O)O)CC1=O. The average molecular weight is 304 g/mol. The number of carboxylic acids is 1. The predicted molar refractivity (Wildman–Crippen MR) is 81.5 cm³/mol. The van der Waals surface area contributed by atoms with Crippen LogP contribution in [0, 0.1) is 5.92 Å². The molecule has 2 amide bonds. The van der Waals surface area contributed by atoms with Crippen molar-refractivity contribution >= 4 is 23.5 Å². The van der Waals surface area contributed by atoms with Gasteiger partial charge in [-0.05, 0) is 25.0 Å². The van der Waals surface area contributed by atoms with Gasteiger partial charge in [-0.2, -0.15) is 0 Å². The van der Waals surface area contributed by atoms with Crippen LogP contribution in [-0.4, -0.2) is 35.5 Å². The monoisotopic (exact) mass is 304 g/mol. The molecule has 1 aromatic rings. The van der Waals surface area contributed by atoms with Crippen LogP contribution < -0.4 is 10.2 Å². The normalized spacial score (nSPS) is 19.1. The van der Waals surface area contributed by atoms with Crippen molar-refractivity contribution in [2.24, 2.45) is 5.92 Å². The Labute approximate surface area is 129 Å². The molecule has 1 heterocycles. The van der Waals surface area contributed by atoms with Gasteiger partial charge in [-0.1, -0.05) is 25.1 Å². The predicted octanol–water partition coefficient (Wildman–Crippen LogP) is 1.19. The van der Waals surface area contributed by atoms with Crippen molar-refractivity contribution in [1.29, 1.82) is 0 Å². The van der Waals surface area contributed by atoms with Crippen LogP contribution in [0.4, 0.5) is 5.69 Å². The zero-order valence-electron chi connectivity index (χ0n) is 12.7. The molecular formula is C16H20N2O4. The molecule has 6 heteroatoms. The smallest absolute Gasteiger partial charge is 0.325 e. The molecule has 0 spiro atoms. The van der Waals surface area contributed by atoms with Gasteiger partial charge in [-0.25, -0.2) is 0 Å². The first-order chi connectivity index (χ1) is 10.4. The number of hydrogen-bond acceptors (Lipinski definition) is 3. The molecule has 0 aliphatic carbocycles. The van der Waals surface area contributed by atoms with Crippen LogP contribution in [0.3, 0.4) is 0 Å². The van der Waals surface area contributed by atoms with Gasteiger partial charge in [0.1, 0.15) is 6.04 Å². The number of nitrogens with zero attached hydrogens (tertiary/aromatic N) is 1. The molecule has 0 aromatic heterocycles. The second-order valence-corrected chi connectivity index (χ2v) is 5.46. The number of amides is 2. The summed E-state index contributed by atoms with van der Waals surface area (Å²) in [6, 6.07) is 6.66. The molecule has 2 atom stereocenters. The van der Waals surface area contributed by atoms with Crippen molar-refractivity contribution < 1.29 is 19.5 Å².